The lowest BCUT2D eigenvalue weighted by Gasteiger charge is -2.47. The number of hydrazine groups is 1. The molecule has 2 N–H and O–H groups in total. The zero-order valence-electron chi connectivity index (χ0n) is 18.0. The van der Waals surface area contributed by atoms with E-state index in [-0.39, 0.29) is 17.1 Å². The number of nitro groups is 1. The Kier molecular flexibility index (Phi) is 5.87. The fourth-order valence-electron chi connectivity index (χ4n) is 4.28. The average Bonchev–Trinajstić information content (AvgIpc) is 2.66. The maximum atomic E-state index is 11.8. The maximum absolute atomic E-state index is 11.8. The van der Waals surface area contributed by atoms with Gasteiger partial charge in [0, 0.05) is 29.9 Å². The van der Waals surface area contributed by atoms with Crippen LogP contribution < -0.4 is 20.9 Å². The Hall–Kier alpha value is -3.29. The minimum Gasteiger partial charge on any atom is -0.862 e. The van der Waals surface area contributed by atoms with Gasteiger partial charge in [0.15, 0.2) is 0 Å². The van der Waals surface area contributed by atoms with Crippen LogP contribution in [-0.2, 0) is 0 Å². The van der Waals surface area contributed by atoms with Crippen LogP contribution in [0.2, 0.25) is 0 Å². The summed E-state index contributed by atoms with van der Waals surface area (Å²) in [6, 6.07) is 10.1. The quantitative estimate of drug-likeness (QED) is 0.313. The maximum Gasteiger partial charge on any atom is 0.269 e. The summed E-state index contributed by atoms with van der Waals surface area (Å²) in [5.74, 6) is 0.0728. The summed E-state index contributed by atoms with van der Waals surface area (Å²) in [5.41, 5.74) is 10.4. The normalized spacial score (nSPS) is 18.0. The molecule has 1 heterocycles. The molecule has 8 heteroatoms. The van der Waals surface area contributed by atoms with Crippen LogP contribution in [0.25, 0.3) is 0 Å². The predicted octanol–water partition coefficient (Wildman–Crippen LogP) is 4.56. The number of aliphatic imine (C=N–C) groups is 1. The van der Waals surface area contributed by atoms with Gasteiger partial charge >= 0.3 is 0 Å². The third-order valence-corrected chi connectivity index (χ3v) is 5.52. The average molecular weight is 410 g/mol. The molecule has 0 radical (unpaired) electrons. The second kappa shape index (κ2) is 8.22. The predicted molar refractivity (Wildman–Crippen MR) is 120 cm³/mol. The number of nitrogens with one attached hydrogen (secondary N) is 2. The van der Waals surface area contributed by atoms with Crippen molar-refractivity contribution in [1.29, 1.82) is 0 Å². The van der Waals surface area contributed by atoms with Gasteiger partial charge in [0.1, 0.15) is 0 Å². The van der Waals surface area contributed by atoms with Gasteiger partial charge in [0.05, 0.1) is 22.0 Å². The van der Waals surface area contributed by atoms with Crippen LogP contribution in [0.15, 0.2) is 41.4 Å². The highest BCUT2D eigenvalue weighted by Crippen LogP contribution is 2.46. The molecule has 8 nitrogen and oxygen atoms in total. The van der Waals surface area contributed by atoms with E-state index in [1.165, 1.54) is 24.6 Å². The summed E-state index contributed by atoms with van der Waals surface area (Å²) >= 11 is 0. The van der Waals surface area contributed by atoms with Crippen molar-refractivity contribution in [1.82, 2.24) is 0 Å². The summed E-state index contributed by atoms with van der Waals surface area (Å²) in [6.45, 7) is 11.1. The molecule has 1 aliphatic rings. The van der Waals surface area contributed by atoms with Crippen LogP contribution >= 0.6 is 0 Å². The Morgan fingerprint density at radius 1 is 1.27 bits per heavy atom. The van der Waals surface area contributed by atoms with Crippen LogP contribution in [0.1, 0.15) is 52.5 Å². The molecule has 2 aromatic rings. The fourth-order valence-corrected chi connectivity index (χ4v) is 4.28. The van der Waals surface area contributed by atoms with Gasteiger partial charge in [0.25, 0.3) is 5.69 Å². The van der Waals surface area contributed by atoms with Gasteiger partial charge in [-0.15, -0.1) is 0 Å². The lowest BCUT2D eigenvalue weighted by Crippen LogP contribution is -2.48. The summed E-state index contributed by atoms with van der Waals surface area (Å²) < 4.78 is 0. The Labute approximate surface area is 176 Å². The van der Waals surface area contributed by atoms with Crippen molar-refractivity contribution in [3.8, 4) is 0 Å². The van der Waals surface area contributed by atoms with Crippen molar-refractivity contribution < 1.29 is 10.0 Å². The molecule has 2 aromatic carbocycles. The van der Waals surface area contributed by atoms with Crippen LogP contribution in [0.4, 0.5) is 28.4 Å². The van der Waals surface area contributed by atoms with Gasteiger partial charge < -0.3 is 15.4 Å². The Bertz CT molecular complexity index is 965. The highest BCUT2D eigenvalue weighted by molar-refractivity contribution is 5.82. The number of hydrogen-bond acceptors (Lipinski definition) is 7. The van der Waals surface area contributed by atoms with Crippen LogP contribution in [0, 0.1) is 10.1 Å². The first-order valence-electron chi connectivity index (χ1n) is 10.1. The minimum absolute atomic E-state index is 0.0145. The largest absolute Gasteiger partial charge is 0.862 e. The minimum atomic E-state index is -0.438. The molecule has 1 unspecified atom stereocenters. The summed E-state index contributed by atoms with van der Waals surface area (Å²) in [5, 5.41) is 22.6. The molecule has 30 heavy (non-hydrogen) atoms. The van der Waals surface area contributed by atoms with Crippen LogP contribution in [-0.4, -0.2) is 22.9 Å². The van der Waals surface area contributed by atoms with Crippen molar-refractivity contribution in [3.05, 3.63) is 52.1 Å². The Morgan fingerprint density at radius 3 is 2.50 bits per heavy atom. The summed E-state index contributed by atoms with van der Waals surface area (Å²) in [6.07, 6.45) is 1.02. The molecule has 160 valence electrons. The first-order valence-corrected chi connectivity index (χ1v) is 10.1. The molecule has 0 amide bonds. The highest BCUT2D eigenvalue weighted by Gasteiger charge is 2.36. The summed E-state index contributed by atoms with van der Waals surface area (Å²) in [4.78, 5) is 16.9. The van der Waals surface area contributed by atoms with E-state index >= 15 is 0 Å². The third-order valence-electron chi connectivity index (χ3n) is 5.52. The topological polar surface area (TPSA) is 106 Å². The lowest BCUT2D eigenvalue weighted by molar-refractivity contribution is -0.384. The van der Waals surface area contributed by atoms with Gasteiger partial charge in [-0.3, -0.25) is 20.5 Å². The monoisotopic (exact) mass is 410 g/mol. The number of benzene rings is 2. The van der Waals surface area contributed by atoms with E-state index in [9.17, 15) is 15.2 Å². The second-order valence-corrected chi connectivity index (χ2v) is 8.27. The highest BCUT2D eigenvalue weighted by atomic mass is 16.6. The molecule has 0 saturated heterocycles. The van der Waals surface area contributed by atoms with E-state index in [0.717, 1.165) is 18.7 Å². The second-order valence-electron chi connectivity index (χ2n) is 8.27. The number of rotatable bonds is 6. The van der Waals surface area contributed by atoms with Crippen LogP contribution in [0.3, 0.4) is 0 Å². The molecular weight excluding hydrogens is 382 g/mol. The van der Waals surface area contributed by atoms with E-state index in [0.29, 0.717) is 23.0 Å². The number of fused-ring (bicyclic) bond motifs is 1. The fraction of sp³-hybridized carbons (Fsp3) is 0.409. The van der Waals surface area contributed by atoms with E-state index < -0.39 is 4.92 Å². The van der Waals surface area contributed by atoms with Crippen molar-refractivity contribution in [3.63, 3.8) is 0 Å². The van der Waals surface area contributed by atoms with Gasteiger partial charge in [-0.2, -0.15) is 0 Å². The smallest absolute Gasteiger partial charge is 0.269 e. The molecule has 1 aliphatic heterocycles. The lowest BCUT2D eigenvalue weighted by atomic mass is 9.80. The molecule has 0 bridgehead atoms. The molecule has 0 spiro atoms. The van der Waals surface area contributed by atoms with E-state index in [1.54, 1.807) is 12.1 Å². The first kappa shape index (κ1) is 21.4. The molecule has 0 aromatic heterocycles. The zero-order chi connectivity index (χ0) is 22.1. The van der Waals surface area contributed by atoms with E-state index in [2.05, 4.69) is 48.4 Å². The van der Waals surface area contributed by atoms with Gasteiger partial charge in [-0.25, -0.2) is 0 Å². The summed E-state index contributed by atoms with van der Waals surface area (Å²) in [7, 11) is 0. The van der Waals surface area contributed by atoms with Crippen molar-refractivity contribution >= 4 is 34.3 Å². The number of anilines is 3. The number of nitrogens with zero attached hydrogens (tertiary/aromatic N) is 3. The standard InChI is InChI=1S/C22H29N5O3/c1-6-26-21-12-19(23-15(3)28)20(11-18(21)14(2)13-22(26,4)5)25-24-16-7-9-17(10-8-16)27(29)30/h7-12,14,24-25H,6,13H2,1-5H3,(H,23,28)/p-1. The van der Waals surface area contributed by atoms with Crippen molar-refractivity contribution in [2.24, 2.45) is 4.99 Å². The number of non-ortho nitro benzene ring substituents is 1. The van der Waals surface area contributed by atoms with Gasteiger partial charge in [0.2, 0.25) is 0 Å². The third kappa shape index (κ3) is 4.32. The SMILES string of the molecule is CCN1c2cc(N=C(C)[O-])c(NNc3ccc([N+](=O)[O-])cc3)cc2C(C)CC1(C)C. The Morgan fingerprint density at radius 2 is 1.93 bits per heavy atom. The number of hydrogen-bond donors (Lipinski definition) is 2. The molecule has 0 saturated carbocycles. The molecule has 0 fully saturated rings. The zero-order valence-corrected chi connectivity index (χ0v) is 18.0. The molecule has 3 rings (SSSR count). The van der Waals surface area contributed by atoms with E-state index in [4.69, 9.17) is 0 Å². The van der Waals surface area contributed by atoms with Crippen LogP contribution in [0.5, 0.6) is 0 Å². The molecule has 1 atom stereocenters. The number of nitro benzene ring substituents is 1. The Balaban J connectivity index is 1.97. The van der Waals surface area contributed by atoms with Gasteiger partial charge in [-0.05, 0) is 75.8 Å². The van der Waals surface area contributed by atoms with E-state index in [1.807, 2.05) is 12.1 Å². The van der Waals surface area contributed by atoms with Gasteiger partial charge in [-0.1, -0.05) is 6.92 Å². The van der Waals surface area contributed by atoms with Crippen molar-refractivity contribution in [2.45, 2.75) is 52.5 Å². The van der Waals surface area contributed by atoms with Crippen molar-refractivity contribution in [2.75, 3.05) is 22.3 Å². The molecule has 0 aliphatic carbocycles. The molecular formula is C22H28N5O3-. The first-order chi connectivity index (χ1) is 14.1.